The summed E-state index contributed by atoms with van der Waals surface area (Å²) in [7, 11) is 0. The number of hydrogen-bond acceptors (Lipinski definition) is 2. The van der Waals surface area contributed by atoms with Gasteiger partial charge in [0.15, 0.2) is 0 Å². The number of aliphatic carboxylic acids is 1. The molecule has 0 heterocycles. The van der Waals surface area contributed by atoms with Crippen LogP contribution in [0.4, 0.5) is 0 Å². The topological polar surface area (TPSA) is 63.3 Å². The van der Waals surface area contributed by atoms with Gasteiger partial charge in [0.2, 0.25) is 0 Å². The molecule has 1 saturated carbocycles. The molecule has 3 nitrogen and oxygen atoms in total. The standard InChI is InChI=1S/C20H23NO2/c21-14-20(13-19(22)23)11-17(15-7-3-1-4-8-15)18(12-20)16-9-5-2-6-10-16/h1-10,17-18H,11-14,21H2,(H,22,23)/t17-,18-/m1/s1. The summed E-state index contributed by atoms with van der Waals surface area (Å²) in [6.45, 7) is 0.423. The highest BCUT2D eigenvalue weighted by molar-refractivity contribution is 5.68. The molecule has 2 aromatic carbocycles. The molecule has 0 bridgehead atoms. The fourth-order valence-electron chi connectivity index (χ4n) is 4.11. The number of benzene rings is 2. The Morgan fingerprint density at radius 3 is 1.74 bits per heavy atom. The Hall–Kier alpha value is -2.13. The molecular formula is C20H23NO2. The van der Waals surface area contributed by atoms with Gasteiger partial charge in [0, 0.05) is 0 Å². The Balaban J connectivity index is 1.98. The lowest BCUT2D eigenvalue weighted by molar-refractivity contribution is -0.139. The van der Waals surface area contributed by atoms with Crippen molar-refractivity contribution in [2.45, 2.75) is 31.1 Å². The highest BCUT2D eigenvalue weighted by Gasteiger charge is 2.46. The van der Waals surface area contributed by atoms with E-state index in [0.717, 1.165) is 12.8 Å². The Morgan fingerprint density at radius 2 is 1.39 bits per heavy atom. The minimum atomic E-state index is -0.754. The van der Waals surface area contributed by atoms with Gasteiger partial charge >= 0.3 is 5.97 Å². The third-order valence-electron chi connectivity index (χ3n) is 5.21. The maximum atomic E-state index is 11.4. The first-order chi connectivity index (χ1) is 11.1. The van der Waals surface area contributed by atoms with Crippen LogP contribution in [0.5, 0.6) is 0 Å². The summed E-state index contributed by atoms with van der Waals surface area (Å²) in [5.41, 5.74) is 8.28. The predicted octanol–water partition coefficient (Wildman–Crippen LogP) is 3.77. The van der Waals surface area contributed by atoms with Gasteiger partial charge in [-0.25, -0.2) is 0 Å². The molecule has 3 heteroatoms. The third kappa shape index (κ3) is 3.30. The first-order valence-electron chi connectivity index (χ1n) is 8.15. The van der Waals surface area contributed by atoms with Gasteiger partial charge in [0.05, 0.1) is 6.42 Å². The third-order valence-corrected chi connectivity index (χ3v) is 5.21. The maximum absolute atomic E-state index is 11.4. The monoisotopic (exact) mass is 309 g/mol. The lowest BCUT2D eigenvalue weighted by atomic mass is 9.81. The van der Waals surface area contributed by atoms with Crippen molar-refractivity contribution >= 4 is 5.97 Å². The van der Waals surface area contributed by atoms with Crippen LogP contribution in [0.15, 0.2) is 60.7 Å². The predicted molar refractivity (Wildman–Crippen MR) is 91.3 cm³/mol. The molecule has 0 aromatic heterocycles. The zero-order valence-corrected chi connectivity index (χ0v) is 13.2. The summed E-state index contributed by atoms with van der Waals surface area (Å²) < 4.78 is 0. The number of hydrogen-bond donors (Lipinski definition) is 2. The molecule has 1 aliphatic carbocycles. The van der Waals surface area contributed by atoms with E-state index in [9.17, 15) is 9.90 Å². The number of nitrogens with two attached hydrogens (primary N) is 1. The fraction of sp³-hybridized carbons (Fsp3) is 0.350. The van der Waals surface area contributed by atoms with Crippen LogP contribution in [0.2, 0.25) is 0 Å². The summed E-state index contributed by atoms with van der Waals surface area (Å²) in [5, 5.41) is 9.33. The molecule has 0 aliphatic heterocycles. The van der Waals surface area contributed by atoms with Crippen molar-refractivity contribution in [3.05, 3.63) is 71.8 Å². The maximum Gasteiger partial charge on any atom is 0.303 e. The van der Waals surface area contributed by atoms with Crippen LogP contribution >= 0.6 is 0 Å². The zero-order valence-electron chi connectivity index (χ0n) is 13.2. The summed E-state index contributed by atoms with van der Waals surface area (Å²) in [5.74, 6) is -0.112. The van der Waals surface area contributed by atoms with Crippen LogP contribution in [0.25, 0.3) is 0 Å². The van der Waals surface area contributed by atoms with Crippen LogP contribution in [0.3, 0.4) is 0 Å². The smallest absolute Gasteiger partial charge is 0.303 e. The molecule has 0 radical (unpaired) electrons. The van der Waals surface area contributed by atoms with Gasteiger partial charge in [-0.15, -0.1) is 0 Å². The Morgan fingerprint density at radius 1 is 0.957 bits per heavy atom. The Labute approximate surface area is 137 Å². The molecular weight excluding hydrogens is 286 g/mol. The van der Waals surface area contributed by atoms with Gasteiger partial charge in [0.25, 0.3) is 0 Å². The van der Waals surface area contributed by atoms with E-state index < -0.39 is 5.97 Å². The second-order valence-corrected chi connectivity index (χ2v) is 6.72. The SMILES string of the molecule is NCC1(CC(=O)O)C[C@H](c2ccccc2)[C@@H](c2ccccc2)C1. The molecule has 2 aromatic rings. The first-order valence-corrected chi connectivity index (χ1v) is 8.15. The number of carboxylic acid groups (broad SMARTS) is 1. The fourth-order valence-corrected chi connectivity index (χ4v) is 4.11. The Kier molecular flexibility index (Phi) is 4.49. The molecule has 3 N–H and O–H groups in total. The van der Waals surface area contributed by atoms with E-state index in [2.05, 4.69) is 48.5 Å². The van der Waals surface area contributed by atoms with Gasteiger partial charge in [0.1, 0.15) is 0 Å². The van der Waals surface area contributed by atoms with Crippen molar-refractivity contribution < 1.29 is 9.90 Å². The van der Waals surface area contributed by atoms with Crippen molar-refractivity contribution in [3.63, 3.8) is 0 Å². The van der Waals surface area contributed by atoms with Gasteiger partial charge in [-0.1, -0.05) is 60.7 Å². The molecule has 23 heavy (non-hydrogen) atoms. The van der Waals surface area contributed by atoms with Crippen molar-refractivity contribution in [1.29, 1.82) is 0 Å². The van der Waals surface area contributed by atoms with Crippen LogP contribution in [-0.2, 0) is 4.79 Å². The average Bonchev–Trinajstić information content (AvgIpc) is 2.96. The van der Waals surface area contributed by atoms with Crippen LogP contribution in [-0.4, -0.2) is 17.6 Å². The van der Waals surface area contributed by atoms with E-state index in [1.807, 2.05) is 12.1 Å². The summed E-state index contributed by atoms with van der Waals surface area (Å²) in [6.07, 6.45) is 1.81. The van der Waals surface area contributed by atoms with Crippen LogP contribution in [0.1, 0.15) is 42.2 Å². The summed E-state index contributed by atoms with van der Waals surface area (Å²) in [6, 6.07) is 20.8. The second-order valence-electron chi connectivity index (χ2n) is 6.72. The van der Waals surface area contributed by atoms with Gasteiger partial charge in [-0.3, -0.25) is 4.79 Å². The molecule has 3 rings (SSSR count). The highest BCUT2D eigenvalue weighted by Crippen LogP contribution is 2.55. The highest BCUT2D eigenvalue weighted by atomic mass is 16.4. The second kappa shape index (κ2) is 6.55. The van der Waals surface area contributed by atoms with Crippen molar-refractivity contribution in [2.75, 3.05) is 6.54 Å². The van der Waals surface area contributed by atoms with E-state index in [4.69, 9.17) is 5.73 Å². The first kappa shape index (κ1) is 15.8. The van der Waals surface area contributed by atoms with E-state index in [1.54, 1.807) is 0 Å². The molecule has 0 unspecified atom stereocenters. The normalized spacial score (nSPS) is 22.8. The van der Waals surface area contributed by atoms with E-state index in [0.29, 0.717) is 18.4 Å². The van der Waals surface area contributed by atoms with E-state index >= 15 is 0 Å². The number of carboxylic acids is 1. The van der Waals surface area contributed by atoms with E-state index in [-0.39, 0.29) is 11.8 Å². The molecule has 0 saturated heterocycles. The lowest BCUT2D eigenvalue weighted by Crippen LogP contribution is -2.30. The largest absolute Gasteiger partial charge is 0.481 e. The number of rotatable bonds is 5. The summed E-state index contributed by atoms with van der Waals surface area (Å²) in [4.78, 5) is 11.4. The molecule has 120 valence electrons. The van der Waals surface area contributed by atoms with Gasteiger partial charge in [-0.2, -0.15) is 0 Å². The van der Waals surface area contributed by atoms with Crippen molar-refractivity contribution in [2.24, 2.45) is 11.1 Å². The molecule has 2 atom stereocenters. The van der Waals surface area contributed by atoms with E-state index in [1.165, 1.54) is 11.1 Å². The van der Waals surface area contributed by atoms with Crippen molar-refractivity contribution in [3.8, 4) is 0 Å². The average molecular weight is 309 g/mol. The van der Waals surface area contributed by atoms with Crippen LogP contribution < -0.4 is 5.73 Å². The number of carbonyl (C=O) groups is 1. The Bertz CT molecular complexity index is 606. The molecule has 0 spiro atoms. The van der Waals surface area contributed by atoms with Crippen molar-refractivity contribution in [1.82, 2.24) is 0 Å². The van der Waals surface area contributed by atoms with Gasteiger partial charge in [-0.05, 0) is 47.8 Å². The van der Waals surface area contributed by atoms with Crippen LogP contribution in [0, 0.1) is 5.41 Å². The summed E-state index contributed by atoms with van der Waals surface area (Å²) >= 11 is 0. The molecule has 1 fully saturated rings. The van der Waals surface area contributed by atoms with Gasteiger partial charge < -0.3 is 10.8 Å². The molecule has 1 aliphatic rings. The quantitative estimate of drug-likeness (QED) is 0.883. The zero-order chi connectivity index (χ0) is 16.3. The molecule has 0 amide bonds. The lowest BCUT2D eigenvalue weighted by Gasteiger charge is -2.25. The minimum absolute atomic E-state index is 0.149. The minimum Gasteiger partial charge on any atom is -0.481 e.